The summed E-state index contributed by atoms with van der Waals surface area (Å²) in [6.45, 7) is 3.83. The van der Waals surface area contributed by atoms with E-state index >= 15 is 0 Å². The molecule has 2 aromatic carbocycles. The monoisotopic (exact) mass is 432 g/mol. The minimum absolute atomic E-state index is 0.216. The molecule has 0 saturated heterocycles. The van der Waals surface area contributed by atoms with Gasteiger partial charge in [-0.05, 0) is 50.1 Å². The van der Waals surface area contributed by atoms with Crippen LogP contribution < -0.4 is 0 Å². The summed E-state index contributed by atoms with van der Waals surface area (Å²) in [5, 5.41) is 2.48. The number of fused-ring (bicyclic) bond motifs is 3. The lowest BCUT2D eigenvalue weighted by Gasteiger charge is -2.13. The summed E-state index contributed by atoms with van der Waals surface area (Å²) >= 11 is 5.97. The Morgan fingerprint density at radius 2 is 1.87 bits per heavy atom. The highest BCUT2D eigenvalue weighted by molar-refractivity contribution is 6.30. The summed E-state index contributed by atoms with van der Waals surface area (Å²) in [4.78, 5) is 20.9. The topological polar surface area (TPSA) is 64.2 Å². The number of aromatic amines is 1. The van der Waals surface area contributed by atoms with Crippen molar-refractivity contribution in [1.29, 1.82) is 0 Å². The number of aromatic nitrogens is 2. The number of benzene rings is 2. The molecule has 0 aliphatic rings. The fourth-order valence-corrected chi connectivity index (χ4v) is 3.59. The average molecular weight is 433 g/mol. The van der Waals surface area contributed by atoms with Gasteiger partial charge in [0.15, 0.2) is 5.69 Å². The van der Waals surface area contributed by atoms with Crippen molar-refractivity contribution in [2.24, 2.45) is 0 Å². The number of carbonyl (C=O) groups excluding carboxylic acids is 1. The molecule has 1 N–H and O–H groups in total. The van der Waals surface area contributed by atoms with Gasteiger partial charge in [0.1, 0.15) is 5.69 Å². The number of carbonyl (C=O) groups is 1. The highest BCUT2D eigenvalue weighted by Crippen LogP contribution is 2.32. The molecule has 0 spiro atoms. The van der Waals surface area contributed by atoms with Gasteiger partial charge in [-0.2, -0.15) is 0 Å². The summed E-state index contributed by atoms with van der Waals surface area (Å²) < 4.78 is 10.9. The van der Waals surface area contributed by atoms with Crippen LogP contribution in [0, 0.1) is 11.8 Å². The van der Waals surface area contributed by atoms with Crippen molar-refractivity contribution in [2.75, 3.05) is 7.11 Å². The van der Waals surface area contributed by atoms with E-state index in [2.05, 4.69) is 21.8 Å². The standard InChI is InChI=1S/C25H21ClN2O3/c1-15(2)31-25(29)23-19(14-30-3)22-18-6-4-5-7-20(18)27-24(22)21(28-23)13-10-16-8-11-17(26)12-9-16/h4-9,11-12,15,27H,14H2,1-3H3. The van der Waals surface area contributed by atoms with E-state index in [4.69, 9.17) is 21.1 Å². The maximum absolute atomic E-state index is 12.9. The summed E-state index contributed by atoms with van der Waals surface area (Å²) in [5.74, 6) is 5.73. The minimum Gasteiger partial charge on any atom is -0.458 e. The van der Waals surface area contributed by atoms with Crippen LogP contribution in [0.1, 0.15) is 41.2 Å². The van der Waals surface area contributed by atoms with E-state index in [0.29, 0.717) is 16.3 Å². The molecule has 0 bridgehead atoms. The number of methoxy groups -OCH3 is 1. The molecule has 2 heterocycles. The van der Waals surface area contributed by atoms with Crippen molar-refractivity contribution in [2.45, 2.75) is 26.6 Å². The van der Waals surface area contributed by atoms with Crippen molar-refractivity contribution in [1.82, 2.24) is 9.97 Å². The van der Waals surface area contributed by atoms with Crippen LogP contribution in [0.4, 0.5) is 0 Å². The molecule has 156 valence electrons. The molecule has 2 aromatic heterocycles. The maximum Gasteiger partial charge on any atom is 0.357 e. The van der Waals surface area contributed by atoms with Gasteiger partial charge in [0, 0.05) is 39.5 Å². The van der Waals surface area contributed by atoms with E-state index in [1.807, 2.05) is 36.4 Å². The average Bonchev–Trinajstić information content (AvgIpc) is 3.13. The molecule has 0 aliphatic heterocycles. The smallest absolute Gasteiger partial charge is 0.357 e. The third-order valence-electron chi connectivity index (χ3n) is 4.75. The third-order valence-corrected chi connectivity index (χ3v) is 5.00. The first-order chi connectivity index (χ1) is 15.0. The van der Waals surface area contributed by atoms with Gasteiger partial charge in [-0.15, -0.1) is 0 Å². The highest BCUT2D eigenvalue weighted by atomic mass is 35.5. The van der Waals surface area contributed by atoms with Crippen LogP contribution in [0.25, 0.3) is 21.8 Å². The predicted molar refractivity (Wildman–Crippen MR) is 122 cm³/mol. The van der Waals surface area contributed by atoms with E-state index in [9.17, 15) is 4.79 Å². The molecule has 0 atom stereocenters. The highest BCUT2D eigenvalue weighted by Gasteiger charge is 2.23. The minimum atomic E-state index is -0.497. The van der Waals surface area contributed by atoms with Crippen molar-refractivity contribution in [3.05, 3.63) is 76.1 Å². The molecule has 6 heteroatoms. The van der Waals surface area contributed by atoms with Crippen LogP contribution in [0.3, 0.4) is 0 Å². The lowest BCUT2D eigenvalue weighted by atomic mass is 10.0. The number of esters is 1. The molecule has 0 saturated carbocycles. The number of hydrogen-bond acceptors (Lipinski definition) is 4. The van der Waals surface area contributed by atoms with Crippen LogP contribution in [0.5, 0.6) is 0 Å². The number of nitrogens with zero attached hydrogens (tertiary/aromatic N) is 1. The van der Waals surface area contributed by atoms with Crippen LogP contribution in [0.15, 0.2) is 48.5 Å². The Hall–Kier alpha value is -3.33. The molecule has 4 aromatic rings. The Bertz CT molecular complexity index is 1330. The Kier molecular flexibility index (Phi) is 5.94. The lowest BCUT2D eigenvalue weighted by Crippen LogP contribution is -2.16. The van der Waals surface area contributed by atoms with Crippen molar-refractivity contribution in [3.63, 3.8) is 0 Å². The van der Waals surface area contributed by atoms with Gasteiger partial charge in [-0.25, -0.2) is 9.78 Å². The molecular formula is C25H21ClN2O3. The van der Waals surface area contributed by atoms with Gasteiger partial charge in [-0.3, -0.25) is 0 Å². The first-order valence-corrected chi connectivity index (χ1v) is 10.3. The summed E-state index contributed by atoms with van der Waals surface area (Å²) in [6, 6.07) is 15.1. The quantitative estimate of drug-likeness (QED) is 0.342. The second kappa shape index (κ2) is 8.81. The zero-order chi connectivity index (χ0) is 22.0. The molecule has 0 radical (unpaired) electrons. The van der Waals surface area contributed by atoms with Crippen LogP contribution in [0.2, 0.25) is 5.02 Å². The number of H-pyrrole nitrogens is 1. The maximum atomic E-state index is 12.9. The number of para-hydroxylation sites is 1. The van der Waals surface area contributed by atoms with Crippen LogP contribution in [-0.4, -0.2) is 29.2 Å². The summed E-state index contributed by atoms with van der Waals surface area (Å²) in [7, 11) is 1.59. The number of rotatable bonds is 4. The van der Waals surface area contributed by atoms with E-state index < -0.39 is 5.97 Å². The molecule has 0 fully saturated rings. The Labute approximate surface area is 185 Å². The lowest BCUT2D eigenvalue weighted by molar-refractivity contribution is 0.0366. The summed E-state index contributed by atoms with van der Waals surface area (Å²) in [6.07, 6.45) is -0.271. The second-order valence-electron chi connectivity index (χ2n) is 7.35. The SMILES string of the molecule is COCc1c(C(=O)OC(C)C)nc(C#Cc2ccc(Cl)cc2)c2[nH]c3ccccc3c12. The van der Waals surface area contributed by atoms with Gasteiger partial charge in [-0.1, -0.05) is 35.7 Å². The fraction of sp³-hybridized carbons (Fsp3) is 0.200. The third kappa shape index (κ3) is 4.27. The normalized spacial score (nSPS) is 11.0. The zero-order valence-electron chi connectivity index (χ0n) is 17.5. The largest absolute Gasteiger partial charge is 0.458 e. The zero-order valence-corrected chi connectivity index (χ0v) is 18.2. The summed E-state index contributed by atoms with van der Waals surface area (Å²) in [5.41, 5.74) is 3.85. The predicted octanol–water partition coefficient (Wildman–Crippen LogP) is 5.48. The number of nitrogens with one attached hydrogen (secondary N) is 1. The van der Waals surface area contributed by atoms with E-state index in [-0.39, 0.29) is 18.4 Å². The molecular weight excluding hydrogens is 412 g/mol. The van der Waals surface area contributed by atoms with E-state index in [1.165, 1.54) is 0 Å². The second-order valence-corrected chi connectivity index (χ2v) is 7.79. The van der Waals surface area contributed by atoms with Gasteiger partial charge in [0.05, 0.1) is 18.2 Å². The van der Waals surface area contributed by atoms with Gasteiger partial charge >= 0.3 is 5.97 Å². The molecule has 31 heavy (non-hydrogen) atoms. The number of ether oxygens (including phenoxy) is 2. The Morgan fingerprint density at radius 3 is 2.58 bits per heavy atom. The first-order valence-electron chi connectivity index (χ1n) is 9.88. The van der Waals surface area contributed by atoms with E-state index in [0.717, 1.165) is 27.4 Å². The van der Waals surface area contributed by atoms with Crippen LogP contribution >= 0.6 is 11.6 Å². The van der Waals surface area contributed by atoms with Gasteiger partial charge in [0.2, 0.25) is 0 Å². The first kappa shape index (κ1) is 20.9. The van der Waals surface area contributed by atoms with E-state index in [1.54, 1.807) is 33.1 Å². The van der Waals surface area contributed by atoms with Gasteiger partial charge < -0.3 is 14.5 Å². The van der Waals surface area contributed by atoms with Crippen molar-refractivity contribution in [3.8, 4) is 11.8 Å². The molecule has 4 rings (SSSR count). The van der Waals surface area contributed by atoms with Crippen molar-refractivity contribution < 1.29 is 14.3 Å². The molecule has 0 amide bonds. The van der Waals surface area contributed by atoms with Crippen molar-refractivity contribution >= 4 is 39.4 Å². The fourth-order valence-electron chi connectivity index (χ4n) is 3.47. The molecule has 0 aliphatic carbocycles. The molecule has 0 unspecified atom stereocenters. The number of pyridine rings is 1. The Balaban J connectivity index is 2.00. The number of hydrogen-bond donors (Lipinski definition) is 1. The Morgan fingerprint density at radius 1 is 1.13 bits per heavy atom. The number of halogens is 1. The van der Waals surface area contributed by atoms with Gasteiger partial charge in [0.25, 0.3) is 0 Å². The van der Waals surface area contributed by atoms with Crippen LogP contribution in [-0.2, 0) is 16.1 Å². The molecule has 5 nitrogen and oxygen atoms in total.